The predicted molar refractivity (Wildman–Crippen MR) is 76.1 cm³/mol. The standard InChI is InChI=1S/C14H18N4O/c1-3-19-14-12(15)13(16-9-17-14)18-10(2)11-7-5-4-6-8-11/h4-10H,3,15H2,1-2H3,(H,16,17,18). The molecule has 0 saturated heterocycles. The fourth-order valence-corrected chi connectivity index (χ4v) is 1.78. The van der Waals surface area contributed by atoms with Gasteiger partial charge in [-0.3, -0.25) is 0 Å². The number of aromatic nitrogens is 2. The van der Waals surface area contributed by atoms with E-state index in [2.05, 4.69) is 34.3 Å². The van der Waals surface area contributed by atoms with Crippen molar-refractivity contribution in [2.24, 2.45) is 0 Å². The molecule has 0 aliphatic carbocycles. The smallest absolute Gasteiger partial charge is 0.242 e. The van der Waals surface area contributed by atoms with Gasteiger partial charge in [-0.05, 0) is 19.4 Å². The summed E-state index contributed by atoms with van der Waals surface area (Å²) in [5.41, 5.74) is 7.59. The normalized spacial score (nSPS) is 11.9. The quantitative estimate of drug-likeness (QED) is 0.862. The van der Waals surface area contributed by atoms with Crippen molar-refractivity contribution in [3.8, 4) is 5.88 Å². The number of nitrogens with one attached hydrogen (secondary N) is 1. The summed E-state index contributed by atoms with van der Waals surface area (Å²) in [7, 11) is 0. The molecule has 100 valence electrons. The summed E-state index contributed by atoms with van der Waals surface area (Å²) in [6.07, 6.45) is 1.45. The van der Waals surface area contributed by atoms with Gasteiger partial charge in [0.05, 0.1) is 12.6 Å². The summed E-state index contributed by atoms with van der Waals surface area (Å²) in [6, 6.07) is 10.2. The molecular weight excluding hydrogens is 240 g/mol. The highest BCUT2D eigenvalue weighted by Crippen LogP contribution is 2.27. The molecule has 5 heteroatoms. The number of hydrogen-bond donors (Lipinski definition) is 2. The van der Waals surface area contributed by atoms with E-state index in [-0.39, 0.29) is 6.04 Å². The van der Waals surface area contributed by atoms with Crippen molar-refractivity contribution in [2.75, 3.05) is 17.7 Å². The molecule has 0 aliphatic heterocycles. The molecule has 2 rings (SSSR count). The first-order valence-corrected chi connectivity index (χ1v) is 6.27. The number of nitrogens with two attached hydrogens (primary N) is 1. The third-order valence-corrected chi connectivity index (χ3v) is 2.78. The Hall–Kier alpha value is -2.30. The Morgan fingerprint density at radius 2 is 2.00 bits per heavy atom. The lowest BCUT2D eigenvalue weighted by Crippen LogP contribution is -2.11. The van der Waals surface area contributed by atoms with E-state index in [1.54, 1.807) is 0 Å². The fraction of sp³-hybridized carbons (Fsp3) is 0.286. The SMILES string of the molecule is CCOc1ncnc(NC(C)c2ccccc2)c1N. The zero-order valence-corrected chi connectivity index (χ0v) is 11.1. The molecule has 1 atom stereocenters. The van der Waals surface area contributed by atoms with Gasteiger partial charge in [-0.1, -0.05) is 30.3 Å². The number of nitrogen functional groups attached to an aromatic ring is 1. The lowest BCUT2D eigenvalue weighted by atomic mass is 10.1. The Bertz CT molecular complexity index is 530. The van der Waals surface area contributed by atoms with Crippen molar-refractivity contribution >= 4 is 11.5 Å². The van der Waals surface area contributed by atoms with E-state index in [0.29, 0.717) is 24.0 Å². The van der Waals surface area contributed by atoms with Gasteiger partial charge >= 0.3 is 0 Å². The Kier molecular flexibility index (Phi) is 4.18. The lowest BCUT2D eigenvalue weighted by Gasteiger charge is -2.17. The van der Waals surface area contributed by atoms with E-state index >= 15 is 0 Å². The molecule has 0 saturated carbocycles. The third kappa shape index (κ3) is 3.13. The Labute approximate surface area is 112 Å². The van der Waals surface area contributed by atoms with Crippen LogP contribution >= 0.6 is 0 Å². The predicted octanol–water partition coefficient (Wildman–Crippen LogP) is 2.63. The molecule has 0 amide bonds. The summed E-state index contributed by atoms with van der Waals surface area (Å²) < 4.78 is 5.35. The van der Waals surface area contributed by atoms with Gasteiger partial charge < -0.3 is 15.8 Å². The van der Waals surface area contributed by atoms with Gasteiger partial charge in [0.15, 0.2) is 5.82 Å². The topological polar surface area (TPSA) is 73.1 Å². The molecular formula is C14H18N4O. The van der Waals surface area contributed by atoms with E-state index in [9.17, 15) is 0 Å². The molecule has 2 aromatic rings. The van der Waals surface area contributed by atoms with Crippen molar-refractivity contribution in [2.45, 2.75) is 19.9 Å². The highest BCUT2D eigenvalue weighted by Gasteiger charge is 2.12. The highest BCUT2D eigenvalue weighted by molar-refractivity contribution is 5.66. The number of benzene rings is 1. The lowest BCUT2D eigenvalue weighted by molar-refractivity contribution is 0.328. The third-order valence-electron chi connectivity index (χ3n) is 2.78. The maximum atomic E-state index is 5.98. The van der Waals surface area contributed by atoms with Crippen molar-refractivity contribution < 1.29 is 4.74 Å². The van der Waals surface area contributed by atoms with Crippen LogP contribution in [0.15, 0.2) is 36.7 Å². The van der Waals surface area contributed by atoms with Gasteiger partial charge in [-0.25, -0.2) is 4.98 Å². The zero-order valence-electron chi connectivity index (χ0n) is 11.1. The van der Waals surface area contributed by atoms with Crippen LogP contribution in [0.5, 0.6) is 5.88 Å². The minimum absolute atomic E-state index is 0.105. The minimum atomic E-state index is 0.105. The maximum absolute atomic E-state index is 5.98. The Morgan fingerprint density at radius 1 is 1.26 bits per heavy atom. The van der Waals surface area contributed by atoms with Crippen LogP contribution in [-0.2, 0) is 0 Å². The van der Waals surface area contributed by atoms with E-state index in [1.165, 1.54) is 11.9 Å². The van der Waals surface area contributed by atoms with Crippen molar-refractivity contribution in [3.05, 3.63) is 42.2 Å². The van der Waals surface area contributed by atoms with E-state index < -0.39 is 0 Å². The van der Waals surface area contributed by atoms with Crippen molar-refractivity contribution in [1.82, 2.24) is 9.97 Å². The molecule has 3 N–H and O–H groups in total. The molecule has 19 heavy (non-hydrogen) atoms. The van der Waals surface area contributed by atoms with Crippen molar-refractivity contribution in [1.29, 1.82) is 0 Å². The van der Waals surface area contributed by atoms with Gasteiger partial charge in [-0.15, -0.1) is 0 Å². The first-order valence-electron chi connectivity index (χ1n) is 6.27. The molecule has 1 unspecified atom stereocenters. The van der Waals surface area contributed by atoms with Crippen LogP contribution in [0.25, 0.3) is 0 Å². The molecule has 0 fully saturated rings. The molecule has 1 heterocycles. The monoisotopic (exact) mass is 258 g/mol. The summed E-state index contributed by atoms with van der Waals surface area (Å²) in [4.78, 5) is 8.17. The molecule has 0 aliphatic rings. The molecule has 0 spiro atoms. The first kappa shape index (κ1) is 13.1. The number of ether oxygens (including phenoxy) is 1. The van der Waals surface area contributed by atoms with Crippen molar-refractivity contribution in [3.63, 3.8) is 0 Å². The highest BCUT2D eigenvalue weighted by atomic mass is 16.5. The van der Waals surface area contributed by atoms with E-state index in [1.807, 2.05) is 25.1 Å². The van der Waals surface area contributed by atoms with Gasteiger partial charge in [0.2, 0.25) is 5.88 Å². The first-order chi connectivity index (χ1) is 9.22. The van der Waals surface area contributed by atoms with Gasteiger partial charge in [0.1, 0.15) is 12.0 Å². The van der Waals surface area contributed by atoms with Crippen LogP contribution < -0.4 is 15.8 Å². The van der Waals surface area contributed by atoms with Crippen LogP contribution in [0.1, 0.15) is 25.5 Å². The zero-order chi connectivity index (χ0) is 13.7. The largest absolute Gasteiger partial charge is 0.476 e. The van der Waals surface area contributed by atoms with Crippen LogP contribution in [0.3, 0.4) is 0 Å². The fourth-order valence-electron chi connectivity index (χ4n) is 1.78. The van der Waals surface area contributed by atoms with Gasteiger partial charge in [0, 0.05) is 0 Å². The number of hydrogen-bond acceptors (Lipinski definition) is 5. The van der Waals surface area contributed by atoms with Crippen LogP contribution in [0.4, 0.5) is 11.5 Å². The van der Waals surface area contributed by atoms with E-state index in [0.717, 1.165) is 0 Å². The molecule has 5 nitrogen and oxygen atoms in total. The van der Waals surface area contributed by atoms with Gasteiger partial charge in [-0.2, -0.15) is 4.98 Å². The van der Waals surface area contributed by atoms with Crippen LogP contribution in [-0.4, -0.2) is 16.6 Å². The van der Waals surface area contributed by atoms with Crippen LogP contribution in [0, 0.1) is 0 Å². The minimum Gasteiger partial charge on any atom is -0.476 e. The molecule has 1 aromatic heterocycles. The van der Waals surface area contributed by atoms with Crippen LogP contribution in [0.2, 0.25) is 0 Å². The molecule has 0 radical (unpaired) electrons. The maximum Gasteiger partial charge on any atom is 0.242 e. The molecule has 1 aromatic carbocycles. The summed E-state index contributed by atoms with van der Waals surface area (Å²) in [6.45, 7) is 4.47. The number of nitrogens with zero attached hydrogens (tertiary/aromatic N) is 2. The summed E-state index contributed by atoms with van der Waals surface area (Å²) in [5.74, 6) is 1.01. The summed E-state index contributed by atoms with van der Waals surface area (Å²) >= 11 is 0. The van der Waals surface area contributed by atoms with Gasteiger partial charge in [0.25, 0.3) is 0 Å². The second kappa shape index (κ2) is 6.04. The summed E-state index contributed by atoms with van der Waals surface area (Å²) in [5, 5.41) is 3.27. The molecule has 0 bridgehead atoms. The number of anilines is 2. The Morgan fingerprint density at radius 3 is 2.68 bits per heavy atom. The number of rotatable bonds is 5. The second-order valence-corrected chi connectivity index (χ2v) is 4.15. The average molecular weight is 258 g/mol. The second-order valence-electron chi connectivity index (χ2n) is 4.15. The van der Waals surface area contributed by atoms with E-state index in [4.69, 9.17) is 10.5 Å². The average Bonchev–Trinajstić information content (AvgIpc) is 2.44. The Balaban J connectivity index is 2.17.